The molecule has 1 aliphatic heterocycles. The van der Waals surface area contributed by atoms with E-state index in [-0.39, 0.29) is 6.42 Å². The highest BCUT2D eigenvalue weighted by Gasteiger charge is 2.29. The van der Waals surface area contributed by atoms with Crippen LogP contribution in [0.2, 0.25) is 0 Å². The van der Waals surface area contributed by atoms with Crippen molar-refractivity contribution in [3.05, 3.63) is 22.5 Å². The number of hydrogen-bond donors (Lipinski definition) is 1. The number of nitrogens with zero attached hydrogens (tertiary/aromatic N) is 2. The van der Waals surface area contributed by atoms with E-state index in [1.54, 1.807) is 0 Å². The Bertz CT molecular complexity index is 648. The minimum atomic E-state index is -0.821. The first-order valence-corrected chi connectivity index (χ1v) is 9.86. The molecule has 1 aliphatic rings. The molecule has 0 spiro atoms. The zero-order valence-electron chi connectivity index (χ0n) is 17.4. The summed E-state index contributed by atoms with van der Waals surface area (Å²) in [5.74, 6) is -0.821. The summed E-state index contributed by atoms with van der Waals surface area (Å²) in [5.41, 5.74) is 4.92. The van der Waals surface area contributed by atoms with Crippen molar-refractivity contribution in [3.63, 3.8) is 0 Å². The molecule has 0 saturated carbocycles. The predicted molar refractivity (Wildman–Crippen MR) is 106 cm³/mol. The van der Waals surface area contributed by atoms with Crippen LogP contribution >= 0.6 is 0 Å². The summed E-state index contributed by atoms with van der Waals surface area (Å²) >= 11 is 0. The van der Waals surface area contributed by atoms with Crippen molar-refractivity contribution in [2.45, 2.75) is 60.5 Å². The molecule has 2 rings (SSSR count). The van der Waals surface area contributed by atoms with Gasteiger partial charge in [0.05, 0.1) is 31.9 Å². The Morgan fingerprint density at radius 3 is 2.41 bits per heavy atom. The third kappa shape index (κ3) is 5.91. The first-order chi connectivity index (χ1) is 12.7. The second-order valence-electron chi connectivity index (χ2n) is 8.07. The van der Waals surface area contributed by atoms with Crippen molar-refractivity contribution in [2.24, 2.45) is 5.41 Å². The number of aryl methyl sites for hydroxylation is 1. The molecule has 1 aromatic rings. The van der Waals surface area contributed by atoms with Crippen molar-refractivity contribution in [1.82, 2.24) is 4.98 Å². The van der Waals surface area contributed by atoms with E-state index >= 15 is 0 Å². The fraction of sp³-hybridized carbons (Fsp3) is 0.714. The fourth-order valence-corrected chi connectivity index (χ4v) is 3.59. The summed E-state index contributed by atoms with van der Waals surface area (Å²) in [6.07, 6.45) is 2.20. The molecular formula is C21H34N2O4. The summed E-state index contributed by atoms with van der Waals surface area (Å²) in [5, 5.41) is 9.40. The molecule has 1 saturated heterocycles. The maximum absolute atomic E-state index is 11.4. The van der Waals surface area contributed by atoms with Gasteiger partial charge in [-0.3, -0.25) is 9.78 Å². The molecule has 0 aliphatic carbocycles. The Hall–Kier alpha value is -1.66. The van der Waals surface area contributed by atoms with Crippen LogP contribution in [0.25, 0.3) is 0 Å². The molecule has 6 nitrogen and oxygen atoms in total. The SMILES string of the molecule is CCOCCOCc1nc(C)c(CC(=O)O)c(N2CCC(C)(C)CC2)c1C. The lowest BCUT2D eigenvalue weighted by Crippen LogP contribution is -2.38. The largest absolute Gasteiger partial charge is 0.481 e. The zero-order chi connectivity index (χ0) is 20.0. The topological polar surface area (TPSA) is 71.9 Å². The highest BCUT2D eigenvalue weighted by atomic mass is 16.5. The van der Waals surface area contributed by atoms with E-state index in [9.17, 15) is 9.90 Å². The van der Waals surface area contributed by atoms with E-state index in [1.165, 1.54) is 0 Å². The Balaban J connectivity index is 2.28. The summed E-state index contributed by atoms with van der Waals surface area (Å²) in [6.45, 7) is 14.6. The fourth-order valence-electron chi connectivity index (χ4n) is 3.59. The molecular weight excluding hydrogens is 344 g/mol. The Morgan fingerprint density at radius 1 is 1.19 bits per heavy atom. The molecule has 6 heteroatoms. The van der Waals surface area contributed by atoms with Crippen LogP contribution in [0.5, 0.6) is 0 Å². The molecule has 0 aromatic carbocycles. The summed E-state index contributed by atoms with van der Waals surface area (Å²) in [6, 6.07) is 0. The number of aliphatic carboxylic acids is 1. The minimum Gasteiger partial charge on any atom is -0.481 e. The molecule has 1 N–H and O–H groups in total. The number of carboxylic acids is 1. The van der Waals surface area contributed by atoms with Crippen molar-refractivity contribution < 1.29 is 19.4 Å². The molecule has 0 radical (unpaired) electrons. The molecule has 1 aromatic heterocycles. The average Bonchev–Trinajstić information content (AvgIpc) is 2.59. The van der Waals surface area contributed by atoms with Crippen LogP contribution in [0, 0.1) is 19.3 Å². The number of carbonyl (C=O) groups is 1. The number of carboxylic acid groups (broad SMARTS) is 1. The van der Waals surface area contributed by atoms with Crippen molar-refractivity contribution >= 4 is 11.7 Å². The van der Waals surface area contributed by atoms with Gasteiger partial charge in [0, 0.05) is 36.6 Å². The van der Waals surface area contributed by atoms with Gasteiger partial charge < -0.3 is 19.5 Å². The first-order valence-electron chi connectivity index (χ1n) is 9.86. The normalized spacial score (nSPS) is 16.6. The molecule has 0 atom stereocenters. The molecule has 0 amide bonds. The van der Waals surface area contributed by atoms with Crippen LogP contribution in [0.4, 0.5) is 5.69 Å². The van der Waals surface area contributed by atoms with Crippen LogP contribution in [-0.2, 0) is 27.3 Å². The quantitative estimate of drug-likeness (QED) is 0.663. The molecule has 27 heavy (non-hydrogen) atoms. The Labute approximate surface area is 162 Å². The Kier molecular flexibility index (Phi) is 7.62. The zero-order valence-corrected chi connectivity index (χ0v) is 17.4. The van der Waals surface area contributed by atoms with Crippen LogP contribution < -0.4 is 4.90 Å². The van der Waals surface area contributed by atoms with E-state index in [2.05, 4.69) is 23.7 Å². The van der Waals surface area contributed by atoms with Gasteiger partial charge in [-0.25, -0.2) is 0 Å². The van der Waals surface area contributed by atoms with E-state index in [0.717, 1.165) is 54.1 Å². The van der Waals surface area contributed by atoms with Crippen LogP contribution in [0.1, 0.15) is 56.1 Å². The van der Waals surface area contributed by atoms with E-state index < -0.39 is 5.97 Å². The number of ether oxygens (including phenoxy) is 2. The lowest BCUT2D eigenvalue weighted by molar-refractivity contribution is -0.136. The summed E-state index contributed by atoms with van der Waals surface area (Å²) < 4.78 is 11.0. The lowest BCUT2D eigenvalue weighted by atomic mass is 9.82. The average molecular weight is 379 g/mol. The molecule has 2 heterocycles. The van der Waals surface area contributed by atoms with E-state index in [0.29, 0.717) is 31.8 Å². The summed E-state index contributed by atoms with van der Waals surface area (Å²) in [4.78, 5) is 18.5. The van der Waals surface area contributed by atoms with E-state index in [1.807, 2.05) is 20.8 Å². The second kappa shape index (κ2) is 9.51. The first kappa shape index (κ1) is 21.6. The number of piperidine rings is 1. The van der Waals surface area contributed by atoms with Gasteiger partial charge in [-0.1, -0.05) is 13.8 Å². The standard InChI is InChI=1S/C21H34N2O4/c1-6-26-11-12-27-14-18-15(2)20(17(13-19(24)25)16(3)22-18)23-9-7-21(4,5)8-10-23/h6-14H2,1-5H3,(H,24,25). The van der Waals surface area contributed by atoms with Gasteiger partial charge >= 0.3 is 5.97 Å². The van der Waals surface area contributed by atoms with Crippen molar-refractivity contribution in [3.8, 4) is 0 Å². The highest BCUT2D eigenvalue weighted by molar-refractivity contribution is 5.75. The van der Waals surface area contributed by atoms with Gasteiger partial charge in [0.1, 0.15) is 0 Å². The third-order valence-corrected chi connectivity index (χ3v) is 5.39. The Morgan fingerprint density at radius 2 is 1.81 bits per heavy atom. The molecule has 0 unspecified atom stereocenters. The minimum absolute atomic E-state index is 0.000374. The molecule has 152 valence electrons. The number of rotatable bonds is 9. The maximum atomic E-state index is 11.4. The second-order valence-corrected chi connectivity index (χ2v) is 8.07. The van der Waals surface area contributed by atoms with E-state index in [4.69, 9.17) is 9.47 Å². The van der Waals surface area contributed by atoms with Crippen molar-refractivity contribution in [1.29, 1.82) is 0 Å². The van der Waals surface area contributed by atoms with Gasteiger partial charge in [0.15, 0.2) is 0 Å². The van der Waals surface area contributed by atoms with Gasteiger partial charge in [-0.15, -0.1) is 0 Å². The lowest BCUT2D eigenvalue weighted by Gasteiger charge is -2.40. The number of aromatic nitrogens is 1. The van der Waals surface area contributed by atoms with Crippen LogP contribution in [0.3, 0.4) is 0 Å². The third-order valence-electron chi connectivity index (χ3n) is 5.39. The number of pyridine rings is 1. The predicted octanol–water partition coefficient (Wildman–Crippen LogP) is 3.51. The van der Waals surface area contributed by atoms with Crippen LogP contribution in [-0.4, -0.2) is 49.0 Å². The number of anilines is 1. The molecule has 0 bridgehead atoms. The highest BCUT2D eigenvalue weighted by Crippen LogP contribution is 2.36. The van der Waals surface area contributed by atoms with Gasteiger partial charge in [0.25, 0.3) is 0 Å². The molecule has 1 fully saturated rings. The monoisotopic (exact) mass is 378 g/mol. The van der Waals surface area contributed by atoms with Crippen LogP contribution in [0.15, 0.2) is 0 Å². The number of hydrogen-bond acceptors (Lipinski definition) is 5. The maximum Gasteiger partial charge on any atom is 0.307 e. The summed E-state index contributed by atoms with van der Waals surface area (Å²) in [7, 11) is 0. The van der Waals surface area contributed by atoms with Gasteiger partial charge in [-0.2, -0.15) is 0 Å². The van der Waals surface area contributed by atoms with Crippen molar-refractivity contribution in [2.75, 3.05) is 37.8 Å². The smallest absolute Gasteiger partial charge is 0.307 e. The van der Waals surface area contributed by atoms with Gasteiger partial charge in [0.2, 0.25) is 0 Å². The van der Waals surface area contributed by atoms with Gasteiger partial charge in [-0.05, 0) is 44.6 Å².